The van der Waals surface area contributed by atoms with Gasteiger partial charge in [-0.3, -0.25) is 13.9 Å². The maximum Gasteiger partial charge on any atom is 0.328 e. The minimum absolute atomic E-state index is 0.00629. The van der Waals surface area contributed by atoms with Crippen molar-refractivity contribution in [3.8, 4) is 0 Å². The number of hydrogen-bond acceptors (Lipinski definition) is 3. The van der Waals surface area contributed by atoms with Crippen molar-refractivity contribution in [2.24, 2.45) is 14.1 Å². The van der Waals surface area contributed by atoms with Crippen molar-refractivity contribution in [3.63, 3.8) is 0 Å². The Morgan fingerprint density at radius 3 is 2.60 bits per heavy atom. The molecule has 1 saturated heterocycles. The molecule has 2 heterocycles. The van der Waals surface area contributed by atoms with Crippen LogP contribution in [0, 0.1) is 0 Å². The van der Waals surface area contributed by atoms with Gasteiger partial charge in [0.15, 0.2) is 5.78 Å². The lowest BCUT2D eigenvalue weighted by molar-refractivity contribution is 0.0213. The average Bonchev–Trinajstić information content (AvgIpc) is 2.98. The molecule has 106 valence electrons. The molecule has 1 aliphatic rings. The van der Waals surface area contributed by atoms with E-state index in [2.05, 4.69) is 0 Å². The number of ketones is 1. The summed E-state index contributed by atoms with van der Waals surface area (Å²) in [5, 5.41) is 0. The first kappa shape index (κ1) is 13.1. The van der Waals surface area contributed by atoms with Crippen molar-refractivity contribution in [1.29, 1.82) is 0 Å². The maximum absolute atomic E-state index is 12.6. The molecule has 0 N–H and O–H groups in total. The van der Waals surface area contributed by atoms with E-state index in [0.717, 1.165) is 23.9 Å². The molecule has 1 unspecified atom stereocenters. The van der Waals surface area contributed by atoms with Gasteiger partial charge >= 0.3 is 5.69 Å². The molecule has 1 atom stereocenters. The number of hydrogen-bond donors (Lipinski definition) is 0. The summed E-state index contributed by atoms with van der Waals surface area (Å²) in [5.41, 5.74) is 1.38. The van der Waals surface area contributed by atoms with Crippen molar-refractivity contribution in [2.75, 3.05) is 6.61 Å². The molecule has 1 fully saturated rings. The second kappa shape index (κ2) is 4.31. The van der Waals surface area contributed by atoms with Gasteiger partial charge in [-0.2, -0.15) is 0 Å². The topological polar surface area (TPSA) is 53.2 Å². The average molecular weight is 274 g/mol. The van der Waals surface area contributed by atoms with E-state index in [-0.39, 0.29) is 11.5 Å². The molecule has 0 radical (unpaired) electrons. The van der Waals surface area contributed by atoms with Gasteiger partial charge in [0.1, 0.15) is 5.60 Å². The third kappa shape index (κ3) is 1.73. The zero-order valence-corrected chi connectivity index (χ0v) is 12.0. The molecule has 1 aromatic carbocycles. The van der Waals surface area contributed by atoms with Crippen LogP contribution in [0.25, 0.3) is 11.0 Å². The second-order valence-corrected chi connectivity index (χ2v) is 5.62. The van der Waals surface area contributed by atoms with Crippen LogP contribution in [0.2, 0.25) is 0 Å². The van der Waals surface area contributed by atoms with Crippen molar-refractivity contribution < 1.29 is 9.53 Å². The van der Waals surface area contributed by atoms with E-state index in [1.165, 1.54) is 0 Å². The van der Waals surface area contributed by atoms with E-state index < -0.39 is 5.60 Å². The first-order valence-electron chi connectivity index (χ1n) is 6.78. The molecule has 0 spiro atoms. The number of carbonyl (C=O) groups is 1. The highest BCUT2D eigenvalue weighted by atomic mass is 16.5. The number of aromatic nitrogens is 2. The molecule has 3 rings (SSSR count). The zero-order chi connectivity index (χ0) is 14.5. The van der Waals surface area contributed by atoms with Gasteiger partial charge in [0.05, 0.1) is 11.0 Å². The highest BCUT2D eigenvalue weighted by Crippen LogP contribution is 2.29. The first-order chi connectivity index (χ1) is 9.44. The van der Waals surface area contributed by atoms with Crippen LogP contribution in [-0.4, -0.2) is 27.1 Å². The molecule has 2 aromatic rings. The largest absolute Gasteiger partial charge is 0.367 e. The number of imidazole rings is 1. The number of ether oxygens (including phenoxy) is 1. The second-order valence-electron chi connectivity index (χ2n) is 5.62. The fraction of sp³-hybridized carbons (Fsp3) is 0.467. The standard InChI is InChI=1S/C15H18N2O3/c1-15(7-4-8-20-15)13(18)10-5-6-11-12(9-10)17(3)14(19)16(11)2/h5-6,9H,4,7-8H2,1-3H3. The number of rotatable bonds is 2. The van der Waals surface area contributed by atoms with E-state index >= 15 is 0 Å². The van der Waals surface area contributed by atoms with Crippen LogP contribution in [0.15, 0.2) is 23.0 Å². The van der Waals surface area contributed by atoms with Gasteiger partial charge in [-0.15, -0.1) is 0 Å². The Balaban J connectivity index is 2.12. The smallest absolute Gasteiger partial charge is 0.328 e. The Labute approximate surface area is 116 Å². The van der Waals surface area contributed by atoms with Gasteiger partial charge in [0, 0.05) is 26.3 Å². The number of nitrogens with zero attached hydrogens (tertiary/aromatic N) is 2. The summed E-state index contributed by atoms with van der Waals surface area (Å²) in [4.78, 5) is 24.5. The van der Waals surface area contributed by atoms with Crippen LogP contribution in [0.4, 0.5) is 0 Å². The number of fused-ring (bicyclic) bond motifs is 1. The number of benzene rings is 1. The highest BCUT2D eigenvalue weighted by molar-refractivity contribution is 6.04. The summed E-state index contributed by atoms with van der Waals surface area (Å²) in [6.45, 7) is 2.48. The molecule has 5 nitrogen and oxygen atoms in total. The van der Waals surface area contributed by atoms with Crippen LogP contribution in [-0.2, 0) is 18.8 Å². The van der Waals surface area contributed by atoms with Crippen LogP contribution < -0.4 is 5.69 Å². The van der Waals surface area contributed by atoms with Gasteiger partial charge in [-0.1, -0.05) is 0 Å². The predicted octanol–water partition coefficient (Wildman–Crippen LogP) is 1.63. The summed E-state index contributed by atoms with van der Waals surface area (Å²) in [7, 11) is 3.44. The molecule has 0 amide bonds. The van der Waals surface area contributed by atoms with E-state index in [9.17, 15) is 9.59 Å². The van der Waals surface area contributed by atoms with Crippen LogP contribution >= 0.6 is 0 Å². The Bertz CT molecular complexity index is 748. The maximum atomic E-state index is 12.6. The van der Waals surface area contributed by atoms with Crippen molar-refractivity contribution >= 4 is 16.8 Å². The molecule has 1 aromatic heterocycles. The lowest BCUT2D eigenvalue weighted by Gasteiger charge is -2.21. The van der Waals surface area contributed by atoms with E-state index in [0.29, 0.717) is 12.2 Å². The molecule has 0 saturated carbocycles. The summed E-state index contributed by atoms with van der Waals surface area (Å²) >= 11 is 0. The van der Waals surface area contributed by atoms with E-state index in [1.807, 2.05) is 13.0 Å². The minimum Gasteiger partial charge on any atom is -0.367 e. The van der Waals surface area contributed by atoms with Gasteiger partial charge in [-0.25, -0.2) is 4.79 Å². The monoisotopic (exact) mass is 274 g/mol. The molecule has 20 heavy (non-hydrogen) atoms. The summed E-state index contributed by atoms with van der Waals surface area (Å²) in [5.74, 6) is -0.00629. The van der Waals surface area contributed by atoms with Gasteiger partial charge in [0.25, 0.3) is 0 Å². The third-order valence-electron chi connectivity index (χ3n) is 4.23. The number of aryl methyl sites for hydroxylation is 2. The first-order valence-corrected chi connectivity index (χ1v) is 6.78. The fourth-order valence-electron chi connectivity index (χ4n) is 2.91. The molecule has 1 aliphatic heterocycles. The molecular weight excluding hydrogens is 256 g/mol. The lowest BCUT2D eigenvalue weighted by atomic mass is 9.92. The van der Waals surface area contributed by atoms with Crippen molar-refractivity contribution in [3.05, 3.63) is 34.2 Å². The van der Waals surface area contributed by atoms with Crippen molar-refractivity contribution in [1.82, 2.24) is 9.13 Å². The molecule has 0 bridgehead atoms. The Kier molecular flexibility index (Phi) is 2.83. The van der Waals surface area contributed by atoms with E-state index in [4.69, 9.17) is 4.74 Å². The van der Waals surface area contributed by atoms with Crippen molar-refractivity contribution in [2.45, 2.75) is 25.4 Å². The third-order valence-corrected chi connectivity index (χ3v) is 4.23. The SMILES string of the molecule is Cn1c(=O)n(C)c2cc(C(=O)C3(C)CCCO3)ccc21. The predicted molar refractivity (Wildman–Crippen MR) is 76.1 cm³/mol. The van der Waals surface area contributed by atoms with E-state index in [1.54, 1.807) is 35.4 Å². The fourth-order valence-corrected chi connectivity index (χ4v) is 2.91. The quantitative estimate of drug-likeness (QED) is 0.782. The minimum atomic E-state index is -0.721. The summed E-state index contributed by atoms with van der Waals surface area (Å²) < 4.78 is 8.74. The summed E-state index contributed by atoms with van der Waals surface area (Å²) in [6.07, 6.45) is 1.66. The number of Topliss-reactive ketones (excluding diaryl/α,β-unsaturated/α-hetero) is 1. The molecular formula is C15H18N2O3. The zero-order valence-electron chi connectivity index (χ0n) is 12.0. The van der Waals surface area contributed by atoms with Gasteiger partial charge in [-0.05, 0) is 38.0 Å². The Morgan fingerprint density at radius 1 is 1.25 bits per heavy atom. The van der Waals surface area contributed by atoms with Gasteiger partial charge < -0.3 is 4.74 Å². The lowest BCUT2D eigenvalue weighted by Crippen LogP contribution is -2.34. The highest BCUT2D eigenvalue weighted by Gasteiger charge is 2.38. The van der Waals surface area contributed by atoms with Gasteiger partial charge in [0.2, 0.25) is 0 Å². The Morgan fingerprint density at radius 2 is 1.95 bits per heavy atom. The van der Waals surface area contributed by atoms with Crippen LogP contribution in [0.1, 0.15) is 30.1 Å². The Hall–Kier alpha value is -1.88. The van der Waals surface area contributed by atoms with Crippen LogP contribution in [0.5, 0.6) is 0 Å². The molecule has 0 aliphatic carbocycles. The molecule has 5 heteroatoms. The normalized spacial score (nSPS) is 22.6. The summed E-state index contributed by atoms with van der Waals surface area (Å²) in [6, 6.07) is 5.38. The number of carbonyl (C=O) groups excluding carboxylic acids is 1. The van der Waals surface area contributed by atoms with Crippen LogP contribution in [0.3, 0.4) is 0 Å².